The quantitative estimate of drug-likeness (QED) is 0.657. The molecule has 0 aliphatic heterocycles. The molecule has 0 heterocycles. The minimum absolute atomic E-state index is 0.302. The molecule has 0 aromatic rings. The van der Waals surface area contributed by atoms with E-state index in [1.54, 1.807) is 0 Å². The third-order valence-corrected chi connectivity index (χ3v) is 3.63. The lowest BCUT2D eigenvalue weighted by molar-refractivity contribution is -0.131. The summed E-state index contributed by atoms with van der Waals surface area (Å²) in [6.07, 6.45) is 16.5. The van der Waals surface area contributed by atoms with Gasteiger partial charge in [0, 0.05) is 19.0 Å². The van der Waals surface area contributed by atoms with E-state index >= 15 is 0 Å². The average molecular weight is 245 g/mol. The largest absolute Gasteiger partial charge is 0.335 e. The van der Waals surface area contributed by atoms with Crippen molar-refractivity contribution in [1.29, 1.82) is 0 Å². The standard InChI is InChI=1S/C16H23NO/c1-2-12-17(16(18)15-10-11-15)13-6-9-14-7-4-3-5-8-14/h2-4,6,9,14-15H,1,5,7-8,10-13H2/b9-6+. The maximum atomic E-state index is 12.0. The zero-order valence-corrected chi connectivity index (χ0v) is 11.1. The molecule has 0 aromatic heterocycles. The molecule has 0 saturated heterocycles. The third kappa shape index (κ3) is 3.86. The van der Waals surface area contributed by atoms with Gasteiger partial charge in [0.15, 0.2) is 0 Å². The fourth-order valence-electron chi connectivity index (χ4n) is 2.37. The van der Waals surface area contributed by atoms with Crippen LogP contribution in [0.1, 0.15) is 32.1 Å². The monoisotopic (exact) mass is 245 g/mol. The van der Waals surface area contributed by atoms with Crippen LogP contribution in [0, 0.1) is 11.8 Å². The molecule has 2 heteroatoms. The van der Waals surface area contributed by atoms with E-state index in [2.05, 4.69) is 30.9 Å². The van der Waals surface area contributed by atoms with Gasteiger partial charge in [0.2, 0.25) is 5.91 Å². The Morgan fingerprint density at radius 2 is 2.11 bits per heavy atom. The highest BCUT2D eigenvalue weighted by molar-refractivity contribution is 5.81. The van der Waals surface area contributed by atoms with Crippen molar-refractivity contribution in [3.63, 3.8) is 0 Å². The predicted octanol–water partition coefficient (Wildman–Crippen LogP) is 3.32. The molecular formula is C16H23NO. The number of carbonyl (C=O) groups is 1. The zero-order valence-electron chi connectivity index (χ0n) is 11.1. The molecule has 0 N–H and O–H groups in total. The van der Waals surface area contributed by atoms with Crippen molar-refractivity contribution in [2.75, 3.05) is 13.1 Å². The Bertz CT molecular complexity index is 352. The summed E-state index contributed by atoms with van der Waals surface area (Å²) < 4.78 is 0. The molecule has 1 fully saturated rings. The summed E-state index contributed by atoms with van der Waals surface area (Å²) in [6.45, 7) is 5.14. The normalized spacial score (nSPS) is 23.2. The van der Waals surface area contributed by atoms with E-state index in [9.17, 15) is 4.79 Å². The van der Waals surface area contributed by atoms with Crippen LogP contribution in [0.15, 0.2) is 37.0 Å². The summed E-state index contributed by atoms with van der Waals surface area (Å²) in [5.41, 5.74) is 0. The molecule has 0 radical (unpaired) electrons. The molecule has 0 bridgehead atoms. The highest BCUT2D eigenvalue weighted by atomic mass is 16.2. The minimum atomic E-state index is 0.302. The molecule has 2 rings (SSSR count). The van der Waals surface area contributed by atoms with Crippen LogP contribution in [0.25, 0.3) is 0 Å². The number of rotatable bonds is 6. The molecule has 0 spiro atoms. The van der Waals surface area contributed by atoms with E-state index in [4.69, 9.17) is 0 Å². The second-order valence-corrected chi connectivity index (χ2v) is 5.28. The topological polar surface area (TPSA) is 20.3 Å². The van der Waals surface area contributed by atoms with Crippen LogP contribution in [0.5, 0.6) is 0 Å². The summed E-state index contributed by atoms with van der Waals surface area (Å²) >= 11 is 0. The number of carbonyl (C=O) groups excluding carboxylic acids is 1. The second kappa shape index (κ2) is 6.58. The molecule has 2 aliphatic rings. The van der Waals surface area contributed by atoms with Crippen molar-refractivity contribution in [3.8, 4) is 0 Å². The molecule has 1 amide bonds. The Labute approximate surface area is 110 Å². The van der Waals surface area contributed by atoms with E-state index in [0.717, 1.165) is 25.8 Å². The molecule has 1 atom stereocenters. The molecule has 2 nitrogen and oxygen atoms in total. The van der Waals surface area contributed by atoms with Gasteiger partial charge >= 0.3 is 0 Å². The first kappa shape index (κ1) is 13.1. The second-order valence-electron chi connectivity index (χ2n) is 5.28. The molecule has 0 aromatic carbocycles. The molecule has 18 heavy (non-hydrogen) atoms. The van der Waals surface area contributed by atoms with E-state index in [1.807, 2.05) is 11.0 Å². The highest BCUT2D eigenvalue weighted by Gasteiger charge is 2.32. The lowest BCUT2D eigenvalue weighted by Crippen LogP contribution is -2.32. The highest BCUT2D eigenvalue weighted by Crippen LogP contribution is 2.31. The van der Waals surface area contributed by atoms with Crippen LogP contribution in [-0.4, -0.2) is 23.9 Å². The van der Waals surface area contributed by atoms with Gasteiger partial charge in [0.1, 0.15) is 0 Å². The van der Waals surface area contributed by atoms with Crippen LogP contribution < -0.4 is 0 Å². The van der Waals surface area contributed by atoms with E-state index in [-0.39, 0.29) is 0 Å². The Kier molecular flexibility index (Phi) is 4.80. The Morgan fingerprint density at radius 3 is 2.72 bits per heavy atom. The van der Waals surface area contributed by atoms with Gasteiger partial charge in [-0.25, -0.2) is 0 Å². The number of hydrogen-bond acceptors (Lipinski definition) is 1. The van der Waals surface area contributed by atoms with Crippen LogP contribution >= 0.6 is 0 Å². The lowest BCUT2D eigenvalue weighted by Gasteiger charge is -2.20. The Balaban J connectivity index is 1.80. The van der Waals surface area contributed by atoms with Crippen LogP contribution in [-0.2, 0) is 4.79 Å². The summed E-state index contributed by atoms with van der Waals surface area (Å²) in [5, 5.41) is 0. The van der Waals surface area contributed by atoms with Crippen molar-refractivity contribution in [1.82, 2.24) is 4.90 Å². The number of hydrogen-bond donors (Lipinski definition) is 0. The predicted molar refractivity (Wildman–Crippen MR) is 75.1 cm³/mol. The van der Waals surface area contributed by atoms with E-state index in [1.165, 1.54) is 12.8 Å². The van der Waals surface area contributed by atoms with Gasteiger partial charge in [-0.1, -0.05) is 30.4 Å². The summed E-state index contributed by atoms with van der Waals surface area (Å²) in [5.74, 6) is 1.27. The van der Waals surface area contributed by atoms with Crippen molar-refractivity contribution in [2.45, 2.75) is 32.1 Å². The number of nitrogens with zero attached hydrogens (tertiary/aromatic N) is 1. The van der Waals surface area contributed by atoms with Gasteiger partial charge in [-0.3, -0.25) is 4.79 Å². The average Bonchev–Trinajstić information content (AvgIpc) is 3.22. The summed E-state index contributed by atoms with van der Waals surface area (Å²) in [7, 11) is 0. The van der Waals surface area contributed by atoms with Crippen molar-refractivity contribution < 1.29 is 4.79 Å². The van der Waals surface area contributed by atoms with Gasteiger partial charge in [0.25, 0.3) is 0 Å². The van der Waals surface area contributed by atoms with Gasteiger partial charge in [-0.2, -0.15) is 0 Å². The first-order chi connectivity index (χ1) is 8.81. The molecule has 2 aliphatic carbocycles. The van der Waals surface area contributed by atoms with Gasteiger partial charge in [0.05, 0.1) is 0 Å². The Morgan fingerprint density at radius 1 is 1.28 bits per heavy atom. The maximum absolute atomic E-state index is 12.0. The van der Waals surface area contributed by atoms with Crippen LogP contribution in [0.4, 0.5) is 0 Å². The van der Waals surface area contributed by atoms with E-state index < -0.39 is 0 Å². The van der Waals surface area contributed by atoms with Crippen LogP contribution in [0.2, 0.25) is 0 Å². The maximum Gasteiger partial charge on any atom is 0.226 e. The fraction of sp³-hybridized carbons (Fsp3) is 0.562. The Hall–Kier alpha value is -1.31. The molecule has 98 valence electrons. The number of amides is 1. The van der Waals surface area contributed by atoms with Crippen molar-refractivity contribution in [2.24, 2.45) is 11.8 Å². The SMILES string of the molecule is C=CCN(C/C=C/C1CC=CCC1)C(=O)C1CC1. The van der Waals surface area contributed by atoms with Gasteiger partial charge in [-0.15, -0.1) is 6.58 Å². The minimum Gasteiger partial charge on any atom is -0.335 e. The smallest absolute Gasteiger partial charge is 0.226 e. The zero-order chi connectivity index (χ0) is 12.8. The van der Waals surface area contributed by atoms with Crippen molar-refractivity contribution in [3.05, 3.63) is 37.0 Å². The lowest BCUT2D eigenvalue weighted by atomic mass is 9.94. The van der Waals surface area contributed by atoms with Gasteiger partial charge < -0.3 is 4.90 Å². The molecular weight excluding hydrogens is 222 g/mol. The van der Waals surface area contributed by atoms with Crippen molar-refractivity contribution >= 4 is 5.91 Å². The number of allylic oxidation sites excluding steroid dienone is 3. The summed E-state index contributed by atoms with van der Waals surface area (Å²) in [4.78, 5) is 13.9. The summed E-state index contributed by atoms with van der Waals surface area (Å²) in [6, 6.07) is 0. The molecule has 1 saturated carbocycles. The molecule has 1 unspecified atom stereocenters. The van der Waals surface area contributed by atoms with E-state index in [0.29, 0.717) is 24.3 Å². The van der Waals surface area contributed by atoms with Gasteiger partial charge in [-0.05, 0) is 38.0 Å². The first-order valence-corrected chi connectivity index (χ1v) is 7.02. The van der Waals surface area contributed by atoms with Crippen LogP contribution in [0.3, 0.4) is 0 Å². The first-order valence-electron chi connectivity index (χ1n) is 7.02. The third-order valence-electron chi connectivity index (χ3n) is 3.63. The fourth-order valence-corrected chi connectivity index (χ4v) is 2.37.